The minimum absolute atomic E-state index is 0.0759. The average Bonchev–Trinajstić information content (AvgIpc) is 0.676. The first-order valence-corrected chi connectivity index (χ1v) is 34.1. The van der Waals surface area contributed by atoms with E-state index in [9.17, 15) is 91.9 Å². The standard InChI is InChI=1S/C65H106O31/c1-25-36(70)51(94-55-48(82)44(78)50(31(22-68)90-55)93-54-46(80)42(76)39(73)30(21-67)89-54)49(83)57(87-25)95-52-37(71)28(69)23-85-58(52)92-35-12-13-62(6)33(61(35,4)5)11-14-64(8)34(62)10-9-26-27-19-60(2,3)15-17-65(27,18-16-63(26,64)7)59(84)96-56-47(81)43(77)40(74)32(91-56)24-86-53-45(79)41(75)38(72)29(20-66)88-53/h9,25,27-58,66-83H,10-24H2,1-8H3/t25-,27-,28-,29+,30+,31+,32+,33?,34?,35-,36-,37-,38+,39+,40+,41-,42-,43-,44+,45+,46+,47+,48+,49+,50+,51+,52+,53+,54-,55-,56-,57-,58-,62-,63+,64+,65-/m0/s1. The van der Waals surface area contributed by atoms with Gasteiger partial charge in [-0.1, -0.05) is 60.1 Å². The molecular weight excluding hydrogens is 1280 g/mol. The Hall–Kier alpha value is -1.95. The monoisotopic (exact) mass is 1380 g/mol. The summed E-state index contributed by atoms with van der Waals surface area (Å²) in [7, 11) is 0. The summed E-state index contributed by atoms with van der Waals surface area (Å²) in [5.41, 5.74) is -1.49. The normalized spacial score (nSPS) is 54.1. The Kier molecular flexibility index (Phi) is 22.1. The topological polar surface area (TPSA) is 492 Å². The Morgan fingerprint density at radius 1 is 0.490 bits per heavy atom. The number of hydrogen-bond donors (Lipinski definition) is 18. The van der Waals surface area contributed by atoms with Crippen LogP contribution in [-0.4, -0.2) is 315 Å². The number of rotatable bonds is 16. The number of ether oxygens (including phenoxy) is 12. The van der Waals surface area contributed by atoms with E-state index in [0.29, 0.717) is 44.9 Å². The zero-order chi connectivity index (χ0) is 70.0. The van der Waals surface area contributed by atoms with Gasteiger partial charge in [0.25, 0.3) is 0 Å². The summed E-state index contributed by atoms with van der Waals surface area (Å²) >= 11 is 0. The maximum atomic E-state index is 15.2. The summed E-state index contributed by atoms with van der Waals surface area (Å²) < 4.78 is 71.5. The van der Waals surface area contributed by atoms with Gasteiger partial charge in [-0.3, -0.25) is 4.79 Å². The van der Waals surface area contributed by atoms with E-state index >= 15 is 4.79 Å². The van der Waals surface area contributed by atoms with Gasteiger partial charge in [0, 0.05) is 0 Å². The number of aliphatic hydroxyl groups excluding tert-OH is 18. The lowest BCUT2D eigenvalue weighted by molar-refractivity contribution is -0.390. The SMILES string of the molecule is C[C@@H]1O[C@@H](O[C@H]2[C@H](O[C@H]3CC[C@@]4(C)C(CC[C@]5(C)C4CC=C4[C@@H]6CC(C)(C)CC[C@]6(C(=O)O[C@@H]6O[C@H](CO[C@@H]7O[C@H](CO)[C@@H](O)[C@H](O)[C@H]7O)[C@@H](O)[C@H](O)[C@H]6O)CC[C@]45C)C3(C)C)OC[C@H](O)[C@@H]2O)[C@H](O)[C@H](O[C@@H]2O[C@H](CO)[C@@H](O[C@@H]3O[C@H](CO)[C@@H](O)[C@H](O)[C@H]3O)[C@H](O)[C@H]2O)[C@H]1O. The predicted molar refractivity (Wildman–Crippen MR) is 321 cm³/mol. The van der Waals surface area contributed by atoms with Gasteiger partial charge in [0.2, 0.25) is 6.29 Å². The minimum atomic E-state index is -2.03. The van der Waals surface area contributed by atoms with Gasteiger partial charge >= 0.3 is 5.97 Å². The third-order valence-corrected chi connectivity index (χ3v) is 25.2. The molecule has 6 aliphatic heterocycles. The second-order valence-corrected chi connectivity index (χ2v) is 31.5. The van der Waals surface area contributed by atoms with E-state index in [0.717, 1.165) is 19.3 Å². The molecule has 11 rings (SSSR count). The van der Waals surface area contributed by atoms with Crippen LogP contribution in [0.4, 0.5) is 0 Å². The van der Waals surface area contributed by atoms with Gasteiger partial charge in [-0.05, 0) is 116 Å². The predicted octanol–water partition coefficient (Wildman–Crippen LogP) is -4.72. The highest BCUT2D eigenvalue weighted by Crippen LogP contribution is 2.76. The van der Waals surface area contributed by atoms with Crippen LogP contribution < -0.4 is 0 Å². The Bertz CT molecular complexity index is 2690. The second-order valence-electron chi connectivity index (χ2n) is 31.5. The molecule has 37 atom stereocenters. The van der Waals surface area contributed by atoms with Crippen LogP contribution in [0.25, 0.3) is 0 Å². The van der Waals surface area contributed by atoms with Crippen molar-refractivity contribution in [3.63, 3.8) is 0 Å². The first kappa shape index (κ1) is 75.2. The largest absolute Gasteiger partial charge is 0.432 e. The Balaban J connectivity index is 0.762. The number of hydrogen-bond acceptors (Lipinski definition) is 31. The van der Waals surface area contributed by atoms with Gasteiger partial charge in [0.05, 0.1) is 50.7 Å². The van der Waals surface area contributed by atoms with Gasteiger partial charge < -0.3 is 149 Å². The highest BCUT2D eigenvalue weighted by atomic mass is 16.8. The zero-order valence-corrected chi connectivity index (χ0v) is 55.6. The molecule has 96 heavy (non-hydrogen) atoms. The third kappa shape index (κ3) is 12.9. The minimum Gasteiger partial charge on any atom is -0.432 e. The summed E-state index contributed by atoms with van der Waals surface area (Å²) in [5, 5.41) is 194. The van der Waals surface area contributed by atoms with Crippen LogP contribution in [0, 0.1) is 50.2 Å². The quantitative estimate of drug-likeness (QED) is 0.0392. The summed E-state index contributed by atoms with van der Waals surface area (Å²) in [6.45, 7) is 13.9. The number of allylic oxidation sites excluding steroid dienone is 2. The van der Waals surface area contributed by atoms with E-state index in [4.69, 9.17) is 56.8 Å². The molecule has 4 saturated carbocycles. The van der Waals surface area contributed by atoms with E-state index in [1.165, 1.54) is 12.5 Å². The molecule has 31 heteroatoms. The molecule has 18 N–H and O–H groups in total. The molecule has 0 aromatic heterocycles. The van der Waals surface area contributed by atoms with Crippen molar-refractivity contribution in [3.05, 3.63) is 11.6 Å². The Morgan fingerprint density at radius 2 is 1.02 bits per heavy atom. The van der Waals surface area contributed by atoms with Crippen LogP contribution in [0.3, 0.4) is 0 Å². The lowest BCUT2D eigenvalue weighted by Crippen LogP contribution is -2.67. The molecule has 31 nitrogen and oxygen atoms in total. The highest BCUT2D eigenvalue weighted by Gasteiger charge is 2.71. The van der Waals surface area contributed by atoms with Crippen LogP contribution in [0.2, 0.25) is 0 Å². The van der Waals surface area contributed by atoms with Crippen molar-refractivity contribution in [2.75, 3.05) is 33.0 Å². The van der Waals surface area contributed by atoms with Crippen molar-refractivity contribution < 1.29 is 154 Å². The van der Waals surface area contributed by atoms with Crippen molar-refractivity contribution in [3.8, 4) is 0 Å². The number of fused-ring (bicyclic) bond motifs is 7. The Labute approximate surface area is 556 Å². The molecule has 0 aromatic carbocycles. The van der Waals surface area contributed by atoms with Crippen molar-refractivity contribution in [2.24, 2.45) is 50.2 Å². The van der Waals surface area contributed by atoms with E-state index in [1.54, 1.807) is 0 Å². The fourth-order valence-electron chi connectivity index (χ4n) is 19.0. The molecular formula is C65H106O31. The van der Waals surface area contributed by atoms with E-state index < -0.39 is 227 Å². The van der Waals surface area contributed by atoms with Gasteiger partial charge in [0.15, 0.2) is 31.5 Å². The molecule has 552 valence electrons. The molecule has 0 amide bonds. The van der Waals surface area contributed by atoms with Crippen molar-refractivity contribution in [1.82, 2.24) is 0 Å². The van der Waals surface area contributed by atoms with Gasteiger partial charge in [0.1, 0.15) is 134 Å². The summed E-state index contributed by atoms with van der Waals surface area (Å²) in [6, 6.07) is 0. The molecule has 2 unspecified atom stereocenters. The zero-order valence-electron chi connectivity index (χ0n) is 55.6. The van der Waals surface area contributed by atoms with Crippen LogP contribution in [0.1, 0.15) is 120 Å². The number of esters is 1. The highest BCUT2D eigenvalue weighted by molar-refractivity contribution is 5.79. The second kappa shape index (κ2) is 28.3. The molecule has 0 radical (unpaired) electrons. The first-order chi connectivity index (χ1) is 45.0. The van der Waals surface area contributed by atoms with E-state index in [-0.39, 0.29) is 46.0 Å². The molecule has 10 fully saturated rings. The van der Waals surface area contributed by atoms with Crippen LogP contribution in [0.15, 0.2) is 11.6 Å². The molecule has 6 saturated heterocycles. The fourth-order valence-corrected chi connectivity index (χ4v) is 19.0. The maximum absolute atomic E-state index is 15.2. The average molecular weight is 1380 g/mol. The van der Waals surface area contributed by atoms with Crippen molar-refractivity contribution >= 4 is 5.97 Å². The molecule has 11 aliphatic rings. The molecule has 0 bridgehead atoms. The van der Waals surface area contributed by atoms with Gasteiger partial charge in [-0.15, -0.1) is 0 Å². The van der Waals surface area contributed by atoms with Crippen LogP contribution in [0.5, 0.6) is 0 Å². The molecule has 6 heterocycles. The van der Waals surface area contributed by atoms with Gasteiger partial charge in [-0.2, -0.15) is 0 Å². The number of carbonyl (C=O) groups is 1. The number of carbonyl (C=O) groups excluding carboxylic acids is 1. The fraction of sp³-hybridized carbons (Fsp3) is 0.954. The molecule has 5 aliphatic carbocycles. The maximum Gasteiger partial charge on any atom is 0.315 e. The Morgan fingerprint density at radius 3 is 1.66 bits per heavy atom. The first-order valence-electron chi connectivity index (χ1n) is 34.1. The van der Waals surface area contributed by atoms with Crippen LogP contribution >= 0.6 is 0 Å². The summed E-state index contributed by atoms with van der Waals surface area (Å²) in [5.74, 6) is -0.639. The van der Waals surface area contributed by atoms with E-state index in [1.807, 2.05) is 0 Å². The van der Waals surface area contributed by atoms with E-state index in [2.05, 4.69) is 54.5 Å². The summed E-state index contributed by atoms with van der Waals surface area (Å²) in [4.78, 5) is 15.2. The molecule has 0 spiro atoms. The van der Waals surface area contributed by atoms with Gasteiger partial charge in [-0.25, -0.2) is 0 Å². The third-order valence-electron chi connectivity index (χ3n) is 25.2. The van der Waals surface area contributed by atoms with Crippen molar-refractivity contribution in [2.45, 2.75) is 304 Å². The van der Waals surface area contributed by atoms with Crippen LogP contribution in [-0.2, 0) is 61.6 Å². The van der Waals surface area contributed by atoms with Crippen molar-refractivity contribution in [1.29, 1.82) is 0 Å². The summed E-state index contributed by atoms with van der Waals surface area (Å²) in [6.07, 6.45) is -40.4. The lowest BCUT2D eigenvalue weighted by Gasteiger charge is -2.71. The molecule has 0 aromatic rings. The lowest BCUT2D eigenvalue weighted by atomic mass is 9.33. The smallest absolute Gasteiger partial charge is 0.315 e. The number of aliphatic hydroxyl groups is 18.